The lowest BCUT2D eigenvalue weighted by molar-refractivity contribution is 0.0167. The van der Waals surface area contributed by atoms with E-state index in [1.165, 1.54) is 0 Å². The van der Waals surface area contributed by atoms with E-state index in [9.17, 15) is 17.2 Å². The van der Waals surface area contributed by atoms with Crippen LogP contribution in [0.25, 0.3) is 0 Å². The van der Waals surface area contributed by atoms with Crippen LogP contribution in [-0.2, 0) is 14.3 Å². The molecule has 0 saturated carbocycles. The molecule has 0 aromatic heterocycles. The van der Waals surface area contributed by atoms with Gasteiger partial charge in [-0.05, 0) is 0 Å². The summed E-state index contributed by atoms with van der Waals surface area (Å²) >= 11 is 0. The molecule has 0 rings (SSSR count). The molecule has 0 heterocycles. The first kappa shape index (κ1) is 9.73. The first-order valence-corrected chi connectivity index (χ1v) is 3.57. The van der Waals surface area contributed by atoms with E-state index in [2.05, 4.69) is 4.18 Å². The van der Waals surface area contributed by atoms with Gasteiger partial charge in [-0.3, -0.25) is 4.18 Å². The van der Waals surface area contributed by atoms with E-state index in [0.717, 1.165) is 0 Å². The largest absolute Gasteiger partial charge is 0.392 e. The minimum Gasteiger partial charge on any atom is -0.389 e. The summed E-state index contributed by atoms with van der Waals surface area (Å²) < 4.78 is 47.6. The van der Waals surface area contributed by atoms with Gasteiger partial charge in [0.2, 0.25) is 0 Å². The standard InChI is InChI=1S/C3H6F2O4S/c1-9-10(7,8)3(4,5)2-6/h6H,2H2,1H3. The molecule has 0 atom stereocenters. The molecule has 4 nitrogen and oxygen atoms in total. The summed E-state index contributed by atoms with van der Waals surface area (Å²) in [6.07, 6.45) is 0. The highest BCUT2D eigenvalue weighted by Gasteiger charge is 2.44. The Morgan fingerprint density at radius 2 is 2.00 bits per heavy atom. The summed E-state index contributed by atoms with van der Waals surface area (Å²) in [5.41, 5.74) is 0. The summed E-state index contributed by atoms with van der Waals surface area (Å²) in [7, 11) is -4.33. The number of rotatable bonds is 3. The Bertz CT molecular complexity index is 197. The van der Waals surface area contributed by atoms with Crippen LogP contribution in [-0.4, -0.2) is 32.5 Å². The lowest BCUT2D eigenvalue weighted by Gasteiger charge is -2.10. The molecule has 0 unspecified atom stereocenters. The Kier molecular flexibility index (Phi) is 2.69. The number of alkyl halides is 2. The molecular weight excluding hydrogens is 170 g/mol. The fraction of sp³-hybridized carbons (Fsp3) is 1.00. The van der Waals surface area contributed by atoms with Crippen LogP contribution in [0.4, 0.5) is 8.78 Å². The SMILES string of the molecule is COS(=O)(=O)C(F)(F)CO. The van der Waals surface area contributed by atoms with Crippen molar-refractivity contribution in [2.45, 2.75) is 5.25 Å². The molecule has 0 fully saturated rings. The van der Waals surface area contributed by atoms with Crippen LogP contribution in [0.1, 0.15) is 0 Å². The lowest BCUT2D eigenvalue weighted by Crippen LogP contribution is -2.33. The van der Waals surface area contributed by atoms with E-state index < -0.39 is 22.0 Å². The van der Waals surface area contributed by atoms with E-state index in [4.69, 9.17) is 5.11 Å². The molecule has 0 aliphatic heterocycles. The van der Waals surface area contributed by atoms with E-state index in [0.29, 0.717) is 7.11 Å². The zero-order valence-corrected chi connectivity index (χ0v) is 5.86. The van der Waals surface area contributed by atoms with Crippen molar-refractivity contribution in [3.05, 3.63) is 0 Å². The minimum absolute atomic E-state index is 0.596. The molecule has 0 amide bonds. The van der Waals surface area contributed by atoms with Crippen LogP contribution in [0.2, 0.25) is 0 Å². The molecule has 0 radical (unpaired) electrons. The monoisotopic (exact) mass is 176 g/mol. The molecule has 0 aliphatic rings. The fourth-order valence-corrected chi connectivity index (χ4v) is 0.603. The zero-order chi connectivity index (χ0) is 8.41. The van der Waals surface area contributed by atoms with Crippen molar-refractivity contribution in [2.75, 3.05) is 13.7 Å². The van der Waals surface area contributed by atoms with E-state index in [1.807, 2.05) is 0 Å². The van der Waals surface area contributed by atoms with Gasteiger partial charge in [-0.2, -0.15) is 17.2 Å². The van der Waals surface area contributed by atoms with E-state index in [1.54, 1.807) is 0 Å². The Balaban J connectivity index is 4.64. The van der Waals surface area contributed by atoms with Crippen LogP contribution in [0, 0.1) is 0 Å². The summed E-state index contributed by atoms with van der Waals surface area (Å²) in [6, 6.07) is 0. The van der Waals surface area contributed by atoms with Crippen LogP contribution in [0.5, 0.6) is 0 Å². The van der Waals surface area contributed by atoms with Gasteiger partial charge in [-0.15, -0.1) is 0 Å². The third-order valence-corrected chi connectivity index (χ3v) is 2.07. The van der Waals surface area contributed by atoms with Gasteiger partial charge < -0.3 is 5.11 Å². The average Bonchev–Trinajstić information content (AvgIpc) is 1.88. The molecule has 0 saturated heterocycles. The van der Waals surface area contributed by atoms with Crippen molar-refractivity contribution in [3.8, 4) is 0 Å². The smallest absolute Gasteiger partial charge is 0.389 e. The molecule has 0 aliphatic carbocycles. The highest BCUT2D eigenvalue weighted by molar-refractivity contribution is 7.87. The Morgan fingerprint density at radius 1 is 1.60 bits per heavy atom. The van der Waals surface area contributed by atoms with Crippen LogP contribution in [0.3, 0.4) is 0 Å². The van der Waals surface area contributed by atoms with Gasteiger partial charge in [0, 0.05) is 0 Å². The first-order valence-electron chi connectivity index (χ1n) is 2.16. The van der Waals surface area contributed by atoms with Gasteiger partial charge in [0.15, 0.2) is 0 Å². The van der Waals surface area contributed by atoms with Gasteiger partial charge in [-0.25, -0.2) is 0 Å². The fourth-order valence-electron chi connectivity index (χ4n) is 0.201. The maximum Gasteiger partial charge on any atom is 0.392 e. The van der Waals surface area contributed by atoms with E-state index >= 15 is 0 Å². The number of hydrogen-bond donors (Lipinski definition) is 1. The van der Waals surface area contributed by atoms with Gasteiger partial charge in [0.25, 0.3) is 0 Å². The number of halogens is 2. The van der Waals surface area contributed by atoms with Gasteiger partial charge in [0.05, 0.1) is 7.11 Å². The summed E-state index contributed by atoms with van der Waals surface area (Å²) in [5, 5.41) is 3.65. The molecule has 0 bridgehead atoms. The molecule has 0 spiro atoms. The lowest BCUT2D eigenvalue weighted by atomic mass is 10.8. The van der Waals surface area contributed by atoms with Gasteiger partial charge >= 0.3 is 15.4 Å². The van der Waals surface area contributed by atoms with Crippen LogP contribution >= 0.6 is 0 Å². The van der Waals surface area contributed by atoms with Crippen molar-refractivity contribution in [3.63, 3.8) is 0 Å². The second-order valence-electron chi connectivity index (χ2n) is 1.42. The number of hydrogen-bond acceptors (Lipinski definition) is 4. The second kappa shape index (κ2) is 2.77. The maximum atomic E-state index is 12.0. The first-order chi connectivity index (χ1) is 4.37. The molecule has 7 heteroatoms. The summed E-state index contributed by atoms with van der Waals surface area (Å²) in [4.78, 5) is 0. The molecule has 62 valence electrons. The Morgan fingerprint density at radius 3 is 2.10 bits per heavy atom. The molecule has 1 N–H and O–H groups in total. The van der Waals surface area contributed by atoms with Crippen molar-refractivity contribution >= 4 is 10.1 Å². The summed E-state index contributed by atoms with van der Waals surface area (Å²) in [5.74, 6) is 0. The Labute approximate surface area is 56.5 Å². The van der Waals surface area contributed by atoms with Crippen molar-refractivity contribution in [1.29, 1.82) is 0 Å². The van der Waals surface area contributed by atoms with E-state index in [-0.39, 0.29) is 0 Å². The second-order valence-corrected chi connectivity index (χ2v) is 3.26. The highest BCUT2D eigenvalue weighted by atomic mass is 32.2. The van der Waals surface area contributed by atoms with Gasteiger partial charge in [0.1, 0.15) is 6.61 Å². The normalized spacial score (nSPS) is 13.6. The highest BCUT2D eigenvalue weighted by Crippen LogP contribution is 2.21. The predicted octanol–water partition coefficient (Wildman–Crippen LogP) is -0.452. The number of aliphatic hydroxyl groups is 1. The predicted molar refractivity (Wildman–Crippen MR) is 28.0 cm³/mol. The molecular formula is C3H6F2O4S. The van der Waals surface area contributed by atoms with Crippen molar-refractivity contribution in [1.82, 2.24) is 0 Å². The third kappa shape index (κ3) is 1.61. The zero-order valence-electron chi connectivity index (χ0n) is 5.04. The van der Waals surface area contributed by atoms with Crippen molar-refractivity contribution < 1.29 is 26.5 Å². The quantitative estimate of drug-likeness (QED) is 0.591. The minimum atomic E-state index is -4.93. The summed E-state index contributed by atoms with van der Waals surface area (Å²) in [6.45, 7) is -1.77. The third-order valence-electron chi connectivity index (χ3n) is 0.769. The topological polar surface area (TPSA) is 63.6 Å². The molecule has 10 heavy (non-hydrogen) atoms. The molecule has 0 aromatic rings. The van der Waals surface area contributed by atoms with Crippen LogP contribution in [0.15, 0.2) is 0 Å². The number of aliphatic hydroxyl groups excluding tert-OH is 1. The van der Waals surface area contributed by atoms with Crippen LogP contribution < -0.4 is 0 Å². The maximum absolute atomic E-state index is 12.0. The van der Waals surface area contributed by atoms with Crippen molar-refractivity contribution in [2.24, 2.45) is 0 Å². The van der Waals surface area contributed by atoms with Gasteiger partial charge in [-0.1, -0.05) is 0 Å². The molecule has 0 aromatic carbocycles. The Hall–Kier alpha value is -0.270. The average molecular weight is 176 g/mol.